The number of nitrogens with zero attached hydrogens (tertiary/aromatic N) is 4. The van der Waals surface area contributed by atoms with Gasteiger partial charge in [-0.15, -0.1) is 0 Å². The molecule has 3 aromatic rings. The topological polar surface area (TPSA) is 141 Å². The lowest BCUT2D eigenvalue weighted by atomic mass is 10.0. The molecule has 276 valence electrons. The van der Waals surface area contributed by atoms with Crippen molar-refractivity contribution in [3.63, 3.8) is 0 Å². The normalized spacial score (nSPS) is 17.2. The third kappa shape index (κ3) is 9.00. The Bertz CT molecular complexity index is 1750. The molecule has 3 aliphatic heterocycles. The maximum atomic E-state index is 14.2. The predicted molar refractivity (Wildman–Crippen MR) is 208 cm³/mol. The van der Waals surface area contributed by atoms with Crippen LogP contribution in [0.15, 0.2) is 69.6 Å². The molecule has 1 atom stereocenters. The average Bonchev–Trinajstić information content (AvgIpc) is 3.31. The molecule has 12 nitrogen and oxygen atoms in total. The summed E-state index contributed by atoms with van der Waals surface area (Å²) >= 11 is 7.03. The molecule has 52 heavy (non-hydrogen) atoms. The molecule has 0 aromatic heterocycles. The van der Waals surface area contributed by atoms with E-state index in [-0.39, 0.29) is 42.8 Å². The van der Waals surface area contributed by atoms with Crippen molar-refractivity contribution in [1.82, 2.24) is 20.0 Å². The molecular weight excluding hydrogens is 794 g/mol. The number of amides is 5. The molecule has 3 heterocycles. The third-order valence-electron chi connectivity index (χ3n) is 10.1. The maximum Gasteiger partial charge on any atom is 0.322 e. The molecule has 0 saturated carbocycles. The lowest BCUT2D eigenvalue weighted by Gasteiger charge is -2.39. The van der Waals surface area contributed by atoms with Crippen molar-refractivity contribution >= 4 is 72.9 Å². The molecule has 2 fully saturated rings. The quantitative estimate of drug-likeness (QED) is 0.193. The van der Waals surface area contributed by atoms with E-state index in [1.807, 2.05) is 70.5 Å². The second-order valence-electron chi connectivity index (χ2n) is 13.4. The van der Waals surface area contributed by atoms with Crippen LogP contribution >= 0.6 is 31.9 Å². The summed E-state index contributed by atoms with van der Waals surface area (Å²) in [7, 11) is 0. The SMILES string of the molecule is CCOC(=O)Cc1ccc(N2CCN(C(=O)[C@H](Cc3cc(Br)c(N)c(Br)c3)NC(=O)N3CCC(N4CCc5ccccc5NC4=O)CC3)CC2)cc1. The number of carbonyl (C=O) groups excluding carboxylic acids is 4. The molecule has 5 amide bonds. The molecule has 6 rings (SSSR count). The van der Waals surface area contributed by atoms with Crippen molar-refractivity contribution in [2.75, 3.05) is 68.4 Å². The molecule has 3 aromatic carbocycles. The highest BCUT2D eigenvalue weighted by Gasteiger charge is 2.34. The van der Waals surface area contributed by atoms with E-state index < -0.39 is 6.04 Å². The predicted octanol–water partition coefficient (Wildman–Crippen LogP) is 5.42. The van der Waals surface area contributed by atoms with Crippen LogP contribution in [0.4, 0.5) is 26.7 Å². The maximum absolute atomic E-state index is 14.2. The van der Waals surface area contributed by atoms with Gasteiger partial charge in [-0.3, -0.25) is 9.59 Å². The Kier molecular flexibility index (Phi) is 12.3. The number of hydrogen-bond donors (Lipinski definition) is 3. The summed E-state index contributed by atoms with van der Waals surface area (Å²) in [6.45, 7) is 5.98. The Balaban J connectivity index is 1.08. The number of para-hydroxylation sites is 1. The number of likely N-dealkylation sites (tertiary alicyclic amines) is 1. The largest absolute Gasteiger partial charge is 0.466 e. The summed E-state index contributed by atoms with van der Waals surface area (Å²) in [6, 6.07) is 18.3. The third-order valence-corrected chi connectivity index (χ3v) is 11.4. The van der Waals surface area contributed by atoms with Crippen LogP contribution in [0.25, 0.3) is 0 Å². The van der Waals surface area contributed by atoms with Crippen molar-refractivity contribution in [1.29, 1.82) is 0 Å². The minimum Gasteiger partial charge on any atom is -0.466 e. The Morgan fingerprint density at radius 2 is 1.58 bits per heavy atom. The van der Waals surface area contributed by atoms with Gasteiger partial charge in [0.1, 0.15) is 6.04 Å². The molecular formula is C38H45Br2N7O5. The number of rotatable bonds is 9. The Morgan fingerprint density at radius 1 is 0.904 bits per heavy atom. The van der Waals surface area contributed by atoms with Crippen molar-refractivity contribution in [3.05, 3.63) is 86.3 Å². The van der Waals surface area contributed by atoms with Gasteiger partial charge in [-0.25, -0.2) is 9.59 Å². The Morgan fingerprint density at radius 3 is 2.25 bits per heavy atom. The summed E-state index contributed by atoms with van der Waals surface area (Å²) in [5.74, 6) is -0.391. The van der Waals surface area contributed by atoms with E-state index in [4.69, 9.17) is 10.5 Å². The van der Waals surface area contributed by atoms with Gasteiger partial charge in [-0.1, -0.05) is 30.3 Å². The van der Waals surface area contributed by atoms with Gasteiger partial charge < -0.3 is 40.7 Å². The fourth-order valence-electron chi connectivity index (χ4n) is 7.16. The van der Waals surface area contributed by atoms with E-state index >= 15 is 0 Å². The number of piperazine rings is 1. The van der Waals surface area contributed by atoms with Crippen molar-refractivity contribution in [2.45, 2.75) is 51.1 Å². The van der Waals surface area contributed by atoms with Gasteiger partial charge in [0.25, 0.3) is 0 Å². The number of anilines is 3. The summed E-state index contributed by atoms with van der Waals surface area (Å²) in [5, 5.41) is 6.13. The summed E-state index contributed by atoms with van der Waals surface area (Å²) in [4.78, 5) is 60.6. The number of carbonyl (C=O) groups is 4. The molecule has 4 N–H and O–H groups in total. The number of benzene rings is 3. The van der Waals surface area contributed by atoms with Gasteiger partial charge in [-0.05, 0) is 105 Å². The number of urea groups is 2. The van der Waals surface area contributed by atoms with E-state index in [1.54, 1.807) is 11.8 Å². The number of halogens is 2. The van der Waals surface area contributed by atoms with Crippen LogP contribution in [-0.4, -0.2) is 103 Å². The van der Waals surface area contributed by atoms with Crippen LogP contribution in [-0.2, 0) is 33.6 Å². The van der Waals surface area contributed by atoms with Gasteiger partial charge in [0.15, 0.2) is 0 Å². The smallest absolute Gasteiger partial charge is 0.322 e. The number of esters is 1. The number of nitrogen functional groups attached to an aromatic ring is 1. The molecule has 3 aliphatic rings. The highest BCUT2D eigenvalue weighted by atomic mass is 79.9. The van der Waals surface area contributed by atoms with Crippen LogP contribution in [0.5, 0.6) is 0 Å². The van der Waals surface area contributed by atoms with E-state index in [2.05, 4.69) is 47.4 Å². The van der Waals surface area contributed by atoms with Crippen molar-refractivity contribution < 1.29 is 23.9 Å². The standard InChI is InChI=1S/C38H45Br2N7O5/c1-2-52-34(48)24-25-7-9-28(10-8-25)44-17-19-45(20-18-44)36(49)33(23-26-21-30(39)35(41)31(40)22-26)43-37(50)46-14-12-29(13-15-46)47-16-11-27-5-3-4-6-32(27)42-38(47)51/h3-10,21-22,29,33H,2,11-20,23-24,41H2,1H3,(H,42,51)(H,43,50)/t33-/m0/s1. The van der Waals surface area contributed by atoms with Crippen molar-refractivity contribution in [2.24, 2.45) is 0 Å². The molecule has 0 spiro atoms. The highest BCUT2D eigenvalue weighted by molar-refractivity contribution is 9.11. The number of ether oxygens (including phenoxy) is 1. The minimum absolute atomic E-state index is 0.0188. The molecule has 0 unspecified atom stereocenters. The van der Waals surface area contributed by atoms with E-state index in [1.165, 1.54) is 0 Å². The first-order chi connectivity index (χ1) is 25.1. The van der Waals surface area contributed by atoms with Crippen LogP contribution in [0.3, 0.4) is 0 Å². The number of fused-ring (bicyclic) bond motifs is 1. The van der Waals surface area contributed by atoms with Crippen LogP contribution in [0.2, 0.25) is 0 Å². The minimum atomic E-state index is -0.795. The van der Waals surface area contributed by atoms with Gasteiger partial charge in [-0.2, -0.15) is 0 Å². The van der Waals surface area contributed by atoms with Gasteiger partial charge in [0, 0.05) is 78.6 Å². The first-order valence-electron chi connectivity index (χ1n) is 17.8. The Labute approximate surface area is 321 Å². The first-order valence-corrected chi connectivity index (χ1v) is 19.4. The average molecular weight is 840 g/mol. The summed E-state index contributed by atoms with van der Waals surface area (Å²) in [6.07, 6.45) is 2.59. The second kappa shape index (κ2) is 17.0. The monoisotopic (exact) mass is 837 g/mol. The first kappa shape index (κ1) is 37.5. The molecule has 0 bridgehead atoms. The fourth-order valence-corrected chi connectivity index (χ4v) is 8.44. The Hall–Kier alpha value is -4.30. The molecule has 0 aliphatic carbocycles. The zero-order valence-corrected chi connectivity index (χ0v) is 32.5. The zero-order chi connectivity index (χ0) is 36.8. The van der Waals surface area contributed by atoms with Crippen LogP contribution in [0.1, 0.15) is 36.5 Å². The van der Waals surface area contributed by atoms with Gasteiger partial charge in [0.2, 0.25) is 5.91 Å². The lowest BCUT2D eigenvalue weighted by molar-refractivity contribution is -0.142. The zero-order valence-electron chi connectivity index (χ0n) is 29.3. The van der Waals surface area contributed by atoms with E-state index in [9.17, 15) is 19.2 Å². The number of piperidine rings is 1. The molecule has 2 saturated heterocycles. The van der Waals surface area contributed by atoms with Crippen LogP contribution in [0, 0.1) is 0 Å². The lowest BCUT2D eigenvalue weighted by Crippen LogP contribution is -2.58. The fraction of sp³-hybridized carbons (Fsp3) is 0.421. The number of nitrogens with one attached hydrogen (secondary N) is 2. The van der Waals surface area contributed by atoms with Crippen LogP contribution < -0.4 is 21.3 Å². The van der Waals surface area contributed by atoms with Crippen molar-refractivity contribution in [3.8, 4) is 0 Å². The van der Waals surface area contributed by atoms with E-state index in [0.717, 1.165) is 34.5 Å². The number of nitrogens with two attached hydrogens (primary N) is 1. The highest BCUT2D eigenvalue weighted by Crippen LogP contribution is 2.31. The molecule has 14 heteroatoms. The molecule has 0 radical (unpaired) electrons. The summed E-state index contributed by atoms with van der Waals surface area (Å²) in [5.41, 5.74) is 11.4. The van der Waals surface area contributed by atoms with Gasteiger partial charge >= 0.3 is 18.0 Å². The van der Waals surface area contributed by atoms with Gasteiger partial charge in [0.05, 0.1) is 18.7 Å². The number of hydrogen-bond acceptors (Lipinski definition) is 7. The summed E-state index contributed by atoms with van der Waals surface area (Å²) < 4.78 is 6.48. The van der Waals surface area contributed by atoms with E-state index in [0.29, 0.717) is 79.9 Å². The second-order valence-corrected chi connectivity index (χ2v) is 15.1.